The number of amides is 1. The summed E-state index contributed by atoms with van der Waals surface area (Å²) in [6.07, 6.45) is 4.71. The molecule has 1 saturated carbocycles. The number of benzene rings is 1. The van der Waals surface area contributed by atoms with Crippen LogP contribution in [0.5, 0.6) is 0 Å². The number of rotatable bonds is 4. The molecular formula is C18H26N4O3S. The van der Waals surface area contributed by atoms with Gasteiger partial charge in [0, 0.05) is 37.3 Å². The molecule has 1 aliphatic carbocycles. The van der Waals surface area contributed by atoms with Crippen LogP contribution < -0.4 is 16.2 Å². The Kier molecular flexibility index (Phi) is 5.00. The Hall–Kier alpha value is -1.48. The van der Waals surface area contributed by atoms with E-state index in [1.165, 1.54) is 10.4 Å². The summed E-state index contributed by atoms with van der Waals surface area (Å²) in [5.41, 5.74) is 6.88. The normalized spacial score (nSPS) is 29.5. The average molecular weight is 378 g/mol. The maximum Gasteiger partial charge on any atom is 0.251 e. The van der Waals surface area contributed by atoms with Crippen LogP contribution in [0.1, 0.15) is 42.5 Å². The van der Waals surface area contributed by atoms with Gasteiger partial charge in [0.2, 0.25) is 10.0 Å². The zero-order chi connectivity index (χ0) is 18.1. The van der Waals surface area contributed by atoms with Crippen LogP contribution in [0.25, 0.3) is 0 Å². The molecule has 3 atom stereocenters. The predicted octanol–water partition coefficient (Wildman–Crippen LogP) is 0.846. The molecule has 26 heavy (non-hydrogen) atoms. The highest BCUT2D eigenvalue weighted by atomic mass is 32.2. The van der Waals surface area contributed by atoms with Crippen molar-refractivity contribution in [2.24, 2.45) is 5.92 Å². The van der Waals surface area contributed by atoms with Crippen molar-refractivity contribution in [3.8, 4) is 0 Å². The molecule has 142 valence electrons. The summed E-state index contributed by atoms with van der Waals surface area (Å²) in [6.45, 7) is 2.05. The highest BCUT2D eigenvalue weighted by Gasteiger charge is 2.34. The Morgan fingerprint density at radius 1 is 1.19 bits per heavy atom. The largest absolute Gasteiger partial charge is 0.349 e. The molecule has 0 aromatic heterocycles. The zero-order valence-corrected chi connectivity index (χ0v) is 15.6. The van der Waals surface area contributed by atoms with Gasteiger partial charge in [-0.15, -0.1) is 0 Å². The van der Waals surface area contributed by atoms with E-state index >= 15 is 0 Å². The molecular weight excluding hydrogens is 352 g/mol. The minimum absolute atomic E-state index is 0.143. The molecule has 0 spiro atoms. The molecule has 2 saturated heterocycles. The molecule has 3 N–H and O–H groups in total. The number of fused-ring (bicyclic) bond motifs is 1. The molecule has 8 heteroatoms. The Balaban J connectivity index is 1.45. The number of carbonyl (C=O) groups is 1. The Bertz CT molecular complexity index is 776. The number of hydrogen-bond donors (Lipinski definition) is 3. The Morgan fingerprint density at radius 3 is 2.81 bits per heavy atom. The number of sulfonamides is 1. The van der Waals surface area contributed by atoms with E-state index in [2.05, 4.69) is 16.2 Å². The van der Waals surface area contributed by atoms with Crippen LogP contribution in [-0.4, -0.2) is 50.3 Å². The summed E-state index contributed by atoms with van der Waals surface area (Å²) in [5, 5.41) is 3.09. The molecule has 3 unspecified atom stereocenters. The van der Waals surface area contributed by atoms with Crippen molar-refractivity contribution in [2.45, 2.75) is 49.1 Å². The second-order valence-electron chi connectivity index (χ2n) is 7.51. The van der Waals surface area contributed by atoms with Crippen LogP contribution in [0.15, 0.2) is 29.2 Å². The number of carbonyl (C=O) groups excluding carboxylic acids is 1. The van der Waals surface area contributed by atoms with E-state index in [9.17, 15) is 13.2 Å². The van der Waals surface area contributed by atoms with Crippen LogP contribution in [0.2, 0.25) is 0 Å². The van der Waals surface area contributed by atoms with Crippen LogP contribution in [0.4, 0.5) is 0 Å². The van der Waals surface area contributed by atoms with Crippen LogP contribution in [0.3, 0.4) is 0 Å². The van der Waals surface area contributed by atoms with Crippen molar-refractivity contribution >= 4 is 15.9 Å². The number of nitrogens with one attached hydrogen (secondary N) is 3. The van der Waals surface area contributed by atoms with E-state index in [4.69, 9.17) is 0 Å². The molecule has 3 fully saturated rings. The summed E-state index contributed by atoms with van der Waals surface area (Å²) >= 11 is 0. The lowest BCUT2D eigenvalue weighted by Crippen LogP contribution is -2.44. The SMILES string of the molecule is O=C(NC1CCC2NNCC2C1)c1cccc(S(=O)(=O)N2CCCC2)c1. The van der Waals surface area contributed by atoms with Gasteiger partial charge in [0.05, 0.1) is 4.90 Å². The molecule has 1 amide bonds. The second-order valence-corrected chi connectivity index (χ2v) is 9.45. The predicted molar refractivity (Wildman–Crippen MR) is 98.0 cm³/mol. The first-order valence-corrected chi connectivity index (χ1v) is 10.9. The van der Waals surface area contributed by atoms with Gasteiger partial charge in [-0.25, -0.2) is 8.42 Å². The lowest BCUT2D eigenvalue weighted by Gasteiger charge is -2.31. The fourth-order valence-corrected chi connectivity index (χ4v) is 5.84. The summed E-state index contributed by atoms with van der Waals surface area (Å²) in [4.78, 5) is 12.9. The average Bonchev–Trinajstić information content (AvgIpc) is 3.33. The van der Waals surface area contributed by atoms with Crippen molar-refractivity contribution in [2.75, 3.05) is 19.6 Å². The maximum atomic E-state index is 12.7. The van der Waals surface area contributed by atoms with Crippen molar-refractivity contribution in [3.05, 3.63) is 29.8 Å². The monoisotopic (exact) mass is 378 g/mol. The van der Waals surface area contributed by atoms with E-state index in [0.717, 1.165) is 38.6 Å². The van der Waals surface area contributed by atoms with Gasteiger partial charge in [-0.2, -0.15) is 4.31 Å². The topological polar surface area (TPSA) is 90.5 Å². The van der Waals surface area contributed by atoms with Crippen LogP contribution in [-0.2, 0) is 10.0 Å². The summed E-state index contributed by atoms with van der Waals surface area (Å²) in [7, 11) is -3.50. The van der Waals surface area contributed by atoms with Gasteiger partial charge in [-0.1, -0.05) is 6.07 Å². The van der Waals surface area contributed by atoms with Gasteiger partial charge in [0.1, 0.15) is 0 Å². The third kappa shape index (κ3) is 3.51. The third-order valence-corrected chi connectivity index (χ3v) is 7.66. The van der Waals surface area contributed by atoms with Crippen LogP contribution in [0, 0.1) is 5.92 Å². The maximum absolute atomic E-state index is 12.7. The zero-order valence-electron chi connectivity index (χ0n) is 14.8. The van der Waals surface area contributed by atoms with E-state index < -0.39 is 10.0 Å². The van der Waals surface area contributed by atoms with Crippen LogP contribution >= 0.6 is 0 Å². The summed E-state index contributed by atoms with van der Waals surface area (Å²) < 4.78 is 26.9. The van der Waals surface area contributed by atoms with Gasteiger partial charge in [0.25, 0.3) is 5.91 Å². The quantitative estimate of drug-likeness (QED) is 0.723. The second kappa shape index (κ2) is 7.26. The Labute approximate surface area is 154 Å². The molecule has 0 radical (unpaired) electrons. The molecule has 4 rings (SSSR count). The molecule has 7 nitrogen and oxygen atoms in total. The van der Waals surface area contributed by atoms with Crippen molar-refractivity contribution in [3.63, 3.8) is 0 Å². The molecule has 0 bridgehead atoms. The number of nitrogens with zero attached hydrogens (tertiary/aromatic N) is 1. The van der Waals surface area contributed by atoms with Gasteiger partial charge in [-0.3, -0.25) is 15.6 Å². The highest BCUT2D eigenvalue weighted by molar-refractivity contribution is 7.89. The van der Waals surface area contributed by atoms with E-state index in [-0.39, 0.29) is 16.8 Å². The minimum atomic E-state index is -3.50. The van der Waals surface area contributed by atoms with Gasteiger partial charge >= 0.3 is 0 Å². The lowest BCUT2D eigenvalue weighted by atomic mass is 9.83. The summed E-state index contributed by atoms with van der Waals surface area (Å²) in [6, 6.07) is 7.06. The molecule has 1 aromatic rings. The van der Waals surface area contributed by atoms with E-state index in [1.54, 1.807) is 18.2 Å². The van der Waals surface area contributed by atoms with Crippen molar-refractivity contribution in [1.82, 2.24) is 20.5 Å². The highest BCUT2D eigenvalue weighted by Crippen LogP contribution is 2.27. The smallest absolute Gasteiger partial charge is 0.251 e. The minimum Gasteiger partial charge on any atom is -0.349 e. The first-order valence-electron chi connectivity index (χ1n) is 9.43. The summed E-state index contributed by atoms with van der Waals surface area (Å²) in [5.74, 6) is 0.349. The fraction of sp³-hybridized carbons (Fsp3) is 0.611. The first kappa shape index (κ1) is 17.9. The van der Waals surface area contributed by atoms with Gasteiger partial charge in [-0.05, 0) is 56.2 Å². The van der Waals surface area contributed by atoms with Gasteiger partial charge in [0.15, 0.2) is 0 Å². The van der Waals surface area contributed by atoms with Gasteiger partial charge < -0.3 is 5.32 Å². The number of hydrazine groups is 1. The molecule has 2 heterocycles. The van der Waals surface area contributed by atoms with Crippen molar-refractivity contribution < 1.29 is 13.2 Å². The van der Waals surface area contributed by atoms with E-state index in [1.807, 2.05) is 0 Å². The standard InChI is InChI=1S/C18H26N4O3S/c23-18(20-15-6-7-17-14(10-15)12-19-21-17)13-4-3-5-16(11-13)26(24,25)22-8-1-2-9-22/h3-5,11,14-15,17,19,21H,1-2,6-10,12H2,(H,20,23). The Morgan fingerprint density at radius 2 is 2.00 bits per heavy atom. The van der Waals surface area contributed by atoms with E-state index in [0.29, 0.717) is 30.6 Å². The fourth-order valence-electron chi connectivity index (χ4n) is 4.28. The first-order chi connectivity index (χ1) is 12.5. The van der Waals surface area contributed by atoms with Crippen molar-refractivity contribution in [1.29, 1.82) is 0 Å². The number of hydrogen-bond acceptors (Lipinski definition) is 5. The molecule has 1 aromatic carbocycles. The molecule has 3 aliphatic rings. The third-order valence-electron chi connectivity index (χ3n) is 5.77. The molecule has 2 aliphatic heterocycles. The lowest BCUT2D eigenvalue weighted by molar-refractivity contribution is 0.0918.